The van der Waals surface area contributed by atoms with Crippen molar-refractivity contribution in [1.82, 2.24) is 29.9 Å². The molecule has 0 amide bonds. The molecule has 0 bridgehead atoms. The highest BCUT2D eigenvalue weighted by atomic mass is 16.5. The Labute approximate surface area is 372 Å². The Morgan fingerprint density at radius 1 is 0.565 bits per heavy atom. The molecule has 0 aliphatic carbocycles. The zero-order chi connectivity index (χ0) is 45.7. The van der Waals surface area contributed by atoms with Crippen LogP contribution in [-0.2, 0) is 6.42 Å². The number of fused-ring (bicyclic) bond motifs is 3. The second kappa shape index (κ2) is 23.1. The number of benzene rings is 1. The molecular weight excluding hydrogens is 767 g/mol. The van der Waals surface area contributed by atoms with Crippen molar-refractivity contribution >= 4 is 28.2 Å². The number of anilines is 3. The maximum atomic E-state index is 5.70. The predicted octanol–water partition coefficient (Wildman–Crippen LogP) is 12.8. The van der Waals surface area contributed by atoms with Crippen LogP contribution in [0.2, 0.25) is 0 Å². The number of hydrogen-bond donors (Lipinski definition) is 4. The van der Waals surface area contributed by atoms with Crippen molar-refractivity contribution in [3.8, 4) is 5.75 Å². The van der Waals surface area contributed by atoms with E-state index in [0.717, 1.165) is 54.3 Å². The summed E-state index contributed by atoms with van der Waals surface area (Å²) in [5.74, 6) is 3.75. The molecule has 10 nitrogen and oxygen atoms in total. The van der Waals surface area contributed by atoms with E-state index < -0.39 is 0 Å². The fraction of sp³-hybridized carbons (Fsp3) is 0.481. The standard InChI is InChI=1S/C12H18N2.C12H17NO.C10H13N3.C9H14N2.C9H13N/c1-8(2)10-7-14-11-5-4-6-13-12(11)9(10)3;1-8(2)10-4-5-11-12(9(10)3)13-6-7-14-11;1-6(2)8-4-11-10-9(7(8)3)12-5-13-10;1-6(2)8-4-11-5-9(10)7(8)3;1-7(2)9-6-10-5-4-8(9)3/h7-8,13H,4-6H2,1-3H3;4-5,8,13H,6-7H2,1-3H3;4-6H,1-3H3,(H,11,12,13);4-6H,10H2,1-3H3;4-7H,1-3H3. The molecule has 0 saturated carbocycles. The maximum Gasteiger partial charge on any atom is 0.177 e. The summed E-state index contributed by atoms with van der Waals surface area (Å²) in [5, 5.41) is 6.86. The summed E-state index contributed by atoms with van der Waals surface area (Å²) in [6, 6.07) is 6.30. The van der Waals surface area contributed by atoms with Gasteiger partial charge < -0.3 is 26.1 Å². The van der Waals surface area contributed by atoms with E-state index in [1.807, 2.05) is 37.9 Å². The topological polar surface area (TPSA) is 140 Å². The summed E-state index contributed by atoms with van der Waals surface area (Å²) >= 11 is 0. The molecule has 1 aromatic carbocycles. The third kappa shape index (κ3) is 12.8. The average molecular weight is 842 g/mol. The molecule has 0 fully saturated rings. The number of imidazole rings is 1. The monoisotopic (exact) mass is 842 g/mol. The second-order valence-corrected chi connectivity index (χ2v) is 18.0. The lowest BCUT2D eigenvalue weighted by atomic mass is 9.96. The molecule has 62 heavy (non-hydrogen) atoms. The molecule has 7 heterocycles. The van der Waals surface area contributed by atoms with E-state index in [0.29, 0.717) is 29.6 Å². The fourth-order valence-corrected chi connectivity index (χ4v) is 7.99. The Bertz CT molecular complexity index is 2270. The van der Waals surface area contributed by atoms with Crippen LogP contribution in [0.5, 0.6) is 5.75 Å². The first-order chi connectivity index (χ1) is 29.4. The van der Waals surface area contributed by atoms with Gasteiger partial charge in [0.05, 0.1) is 40.8 Å². The molecule has 8 rings (SSSR count). The Morgan fingerprint density at radius 2 is 1.15 bits per heavy atom. The van der Waals surface area contributed by atoms with Crippen LogP contribution in [0.1, 0.15) is 167 Å². The highest BCUT2D eigenvalue weighted by molar-refractivity contribution is 5.75. The number of nitrogens with two attached hydrogens (primary N) is 1. The van der Waals surface area contributed by atoms with Crippen molar-refractivity contribution < 1.29 is 4.74 Å². The molecule has 0 radical (unpaired) electrons. The van der Waals surface area contributed by atoms with Crippen molar-refractivity contribution in [2.24, 2.45) is 0 Å². The van der Waals surface area contributed by atoms with Crippen molar-refractivity contribution in [2.75, 3.05) is 36.1 Å². The number of nitrogens with zero attached hydrogens (tertiary/aromatic N) is 5. The molecule has 10 heteroatoms. The lowest BCUT2D eigenvalue weighted by molar-refractivity contribution is 0.323. The smallest absolute Gasteiger partial charge is 0.177 e. The number of nitrogen functional groups attached to an aromatic ring is 1. The molecule has 5 N–H and O–H groups in total. The molecular formula is C52H75N9O. The second-order valence-electron chi connectivity index (χ2n) is 18.0. The number of aromatic amines is 1. The normalized spacial score (nSPS) is 12.6. The van der Waals surface area contributed by atoms with E-state index in [9.17, 15) is 0 Å². The van der Waals surface area contributed by atoms with Crippen LogP contribution < -0.4 is 21.1 Å². The van der Waals surface area contributed by atoms with Crippen LogP contribution in [0, 0.1) is 34.6 Å². The number of hydrogen-bond acceptors (Lipinski definition) is 9. The third-order valence-corrected chi connectivity index (χ3v) is 11.7. The van der Waals surface area contributed by atoms with Gasteiger partial charge in [-0.05, 0) is 145 Å². The molecule has 334 valence electrons. The van der Waals surface area contributed by atoms with Gasteiger partial charge >= 0.3 is 0 Å². The minimum absolute atomic E-state index is 0.506. The van der Waals surface area contributed by atoms with E-state index >= 15 is 0 Å². The predicted molar refractivity (Wildman–Crippen MR) is 262 cm³/mol. The first-order valence-corrected chi connectivity index (χ1v) is 22.6. The van der Waals surface area contributed by atoms with Crippen molar-refractivity contribution in [3.05, 3.63) is 123 Å². The molecule has 0 unspecified atom stereocenters. The molecule has 6 aromatic rings. The van der Waals surface area contributed by atoms with Crippen molar-refractivity contribution in [3.63, 3.8) is 0 Å². The summed E-state index contributed by atoms with van der Waals surface area (Å²) in [5.41, 5.74) is 25.2. The van der Waals surface area contributed by atoms with Gasteiger partial charge in [0.1, 0.15) is 12.4 Å². The zero-order valence-corrected chi connectivity index (χ0v) is 40.4. The quantitative estimate of drug-likeness (QED) is 0.134. The number of aryl methyl sites for hydroxylation is 3. The van der Waals surface area contributed by atoms with Gasteiger partial charge in [0, 0.05) is 44.1 Å². The Balaban J connectivity index is 0.000000171. The summed E-state index contributed by atoms with van der Waals surface area (Å²) in [6.07, 6.45) is 15.4. The number of aromatic nitrogens is 6. The molecule has 0 atom stereocenters. The van der Waals surface area contributed by atoms with Gasteiger partial charge in [-0.3, -0.25) is 15.0 Å². The van der Waals surface area contributed by atoms with E-state index in [-0.39, 0.29) is 0 Å². The summed E-state index contributed by atoms with van der Waals surface area (Å²) in [7, 11) is 0. The van der Waals surface area contributed by atoms with E-state index in [1.54, 1.807) is 12.5 Å². The van der Waals surface area contributed by atoms with Crippen LogP contribution in [0.4, 0.5) is 17.1 Å². The van der Waals surface area contributed by atoms with Crippen LogP contribution in [0.3, 0.4) is 0 Å². The lowest BCUT2D eigenvalue weighted by Crippen LogP contribution is -2.19. The zero-order valence-electron chi connectivity index (χ0n) is 40.4. The van der Waals surface area contributed by atoms with E-state index in [1.165, 1.54) is 73.6 Å². The minimum atomic E-state index is 0.506. The van der Waals surface area contributed by atoms with E-state index in [2.05, 4.69) is 156 Å². The maximum absolute atomic E-state index is 5.70. The summed E-state index contributed by atoms with van der Waals surface area (Å²) in [4.78, 5) is 24.2. The number of nitrogens with one attached hydrogen (secondary N) is 3. The number of pyridine rings is 4. The van der Waals surface area contributed by atoms with Gasteiger partial charge in [-0.15, -0.1) is 0 Å². The minimum Gasteiger partial charge on any atom is -0.490 e. The SMILES string of the molecule is Cc1c(C(C)C)ccc2c1NCCO2.Cc1c(C(C)C)cnc2c1NCCC2.Cc1c(C(C)C)cnc2nc[nH]c12.Cc1c(N)cncc1C(C)C.Cc1ccncc1C(C)C. The molecule has 2 aliphatic rings. The summed E-state index contributed by atoms with van der Waals surface area (Å²) < 4.78 is 5.58. The van der Waals surface area contributed by atoms with E-state index in [4.69, 9.17) is 10.5 Å². The van der Waals surface area contributed by atoms with Crippen molar-refractivity contribution in [2.45, 2.75) is 146 Å². The molecule has 2 aliphatic heterocycles. The average Bonchev–Trinajstić information content (AvgIpc) is 3.73. The Morgan fingerprint density at radius 3 is 1.76 bits per heavy atom. The van der Waals surface area contributed by atoms with Crippen LogP contribution in [-0.4, -0.2) is 49.6 Å². The van der Waals surface area contributed by atoms with Crippen LogP contribution in [0.15, 0.2) is 61.7 Å². The largest absolute Gasteiger partial charge is 0.490 e. The number of ether oxygens (including phenoxy) is 1. The van der Waals surface area contributed by atoms with Gasteiger partial charge in [0.2, 0.25) is 0 Å². The van der Waals surface area contributed by atoms with Crippen LogP contribution >= 0.6 is 0 Å². The number of rotatable bonds is 5. The molecule has 0 spiro atoms. The Kier molecular flexibility index (Phi) is 18.3. The molecule has 0 saturated heterocycles. The van der Waals surface area contributed by atoms with Gasteiger partial charge in [-0.2, -0.15) is 0 Å². The fourth-order valence-electron chi connectivity index (χ4n) is 7.99. The van der Waals surface area contributed by atoms with Crippen LogP contribution in [0.25, 0.3) is 11.2 Å². The highest BCUT2D eigenvalue weighted by Gasteiger charge is 2.17. The van der Waals surface area contributed by atoms with Gasteiger partial charge in [-0.25, -0.2) is 9.97 Å². The number of H-pyrrole nitrogens is 1. The van der Waals surface area contributed by atoms with Gasteiger partial charge in [0.25, 0.3) is 0 Å². The van der Waals surface area contributed by atoms with Gasteiger partial charge in [0.15, 0.2) is 5.65 Å². The Hall–Kier alpha value is -5.51. The molecule has 5 aromatic heterocycles. The van der Waals surface area contributed by atoms with Crippen molar-refractivity contribution in [1.29, 1.82) is 0 Å². The lowest BCUT2D eigenvalue weighted by Gasteiger charge is -2.23. The summed E-state index contributed by atoms with van der Waals surface area (Å²) in [6.45, 7) is 35.3. The highest BCUT2D eigenvalue weighted by Crippen LogP contribution is 2.35. The van der Waals surface area contributed by atoms with Gasteiger partial charge in [-0.1, -0.05) is 75.3 Å². The first kappa shape index (κ1) is 49.1. The first-order valence-electron chi connectivity index (χ1n) is 22.6. The third-order valence-electron chi connectivity index (χ3n) is 11.7.